The van der Waals surface area contributed by atoms with Gasteiger partial charge in [0.1, 0.15) is 0 Å². The molecule has 5 nitrogen and oxygen atoms in total. The number of nitrogens with two attached hydrogens (primary N) is 1. The van der Waals surface area contributed by atoms with Crippen LogP contribution in [0.3, 0.4) is 0 Å². The summed E-state index contributed by atoms with van der Waals surface area (Å²) < 4.78 is 0. The van der Waals surface area contributed by atoms with Crippen LogP contribution in [0, 0.1) is 0 Å². The fraction of sp³-hybridized carbons (Fsp3) is 0.273. The second kappa shape index (κ2) is 3.31. The third-order valence-corrected chi connectivity index (χ3v) is 2.89. The van der Waals surface area contributed by atoms with Gasteiger partial charge in [0.25, 0.3) is 0 Å². The number of carbonyl (C=O) groups excluding carboxylic acids is 1. The van der Waals surface area contributed by atoms with Crippen molar-refractivity contribution >= 4 is 22.5 Å². The van der Waals surface area contributed by atoms with E-state index in [4.69, 9.17) is 5.73 Å². The Balaban J connectivity index is 2.02. The van der Waals surface area contributed by atoms with Crippen molar-refractivity contribution in [2.45, 2.75) is 12.5 Å². The van der Waals surface area contributed by atoms with Gasteiger partial charge >= 0.3 is 0 Å². The van der Waals surface area contributed by atoms with Gasteiger partial charge in [-0.3, -0.25) is 9.89 Å². The highest BCUT2D eigenvalue weighted by molar-refractivity contribution is 5.98. The van der Waals surface area contributed by atoms with Gasteiger partial charge in [0.05, 0.1) is 11.7 Å². The van der Waals surface area contributed by atoms with Crippen molar-refractivity contribution in [3.63, 3.8) is 0 Å². The molecule has 5 heteroatoms. The minimum atomic E-state index is -0.0486. The van der Waals surface area contributed by atoms with Crippen LogP contribution in [0.2, 0.25) is 0 Å². The molecule has 2 aromatic rings. The van der Waals surface area contributed by atoms with Gasteiger partial charge in [-0.1, -0.05) is 0 Å². The van der Waals surface area contributed by atoms with Gasteiger partial charge in [0, 0.05) is 30.1 Å². The number of nitrogens with zero attached hydrogens (tertiary/aromatic N) is 2. The van der Waals surface area contributed by atoms with E-state index >= 15 is 0 Å². The third-order valence-electron chi connectivity index (χ3n) is 2.89. The van der Waals surface area contributed by atoms with Crippen LogP contribution in [0.25, 0.3) is 10.9 Å². The van der Waals surface area contributed by atoms with E-state index in [-0.39, 0.29) is 11.9 Å². The molecule has 0 radical (unpaired) electrons. The molecule has 1 aliphatic rings. The molecular formula is C11H12N4O. The summed E-state index contributed by atoms with van der Waals surface area (Å²) in [5.74, 6) is 0.0929. The third kappa shape index (κ3) is 1.37. The van der Waals surface area contributed by atoms with E-state index in [9.17, 15) is 4.79 Å². The maximum absolute atomic E-state index is 11.7. The molecule has 82 valence electrons. The molecule has 0 bridgehead atoms. The molecule has 1 amide bonds. The fourth-order valence-corrected chi connectivity index (χ4v) is 2.08. The van der Waals surface area contributed by atoms with E-state index in [1.165, 1.54) is 0 Å². The molecule has 3 N–H and O–H groups in total. The van der Waals surface area contributed by atoms with E-state index in [0.29, 0.717) is 13.0 Å². The lowest BCUT2D eigenvalue weighted by atomic mass is 10.2. The molecule has 16 heavy (non-hydrogen) atoms. The number of hydrogen-bond acceptors (Lipinski definition) is 3. The molecule has 2 heterocycles. The zero-order chi connectivity index (χ0) is 11.1. The molecule has 0 spiro atoms. The Kier molecular flexibility index (Phi) is 1.94. The lowest BCUT2D eigenvalue weighted by molar-refractivity contribution is -0.117. The number of hydrogen-bond donors (Lipinski definition) is 2. The predicted octanol–water partition coefficient (Wildman–Crippen LogP) is 0.627. The summed E-state index contributed by atoms with van der Waals surface area (Å²) in [5.41, 5.74) is 7.63. The molecule has 1 fully saturated rings. The Morgan fingerprint density at radius 2 is 2.38 bits per heavy atom. The van der Waals surface area contributed by atoms with Crippen LogP contribution >= 0.6 is 0 Å². The average molecular weight is 216 g/mol. The van der Waals surface area contributed by atoms with E-state index < -0.39 is 0 Å². The van der Waals surface area contributed by atoms with Gasteiger partial charge in [-0.2, -0.15) is 5.10 Å². The molecule has 1 aliphatic heterocycles. The second-order valence-corrected chi connectivity index (χ2v) is 4.11. The van der Waals surface area contributed by atoms with Crippen LogP contribution < -0.4 is 10.6 Å². The number of benzene rings is 1. The number of anilines is 1. The summed E-state index contributed by atoms with van der Waals surface area (Å²) in [6.07, 6.45) is 2.18. The van der Waals surface area contributed by atoms with E-state index in [2.05, 4.69) is 10.2 Å². The number of fused-ring (bicyclic) bond motifs is 1. The molecule has 1 unspecified atom stereocenters. The van der Waals surface area contributed by atoms with Crippen molar-refractivity contribution in [3.8, 4) is 0 Å². The summed E-state index contributed by atoms with van der Waals surface area (Å²) >= 11 is 0. The highest BCUT2D eigenvalue weighted by atomic mass is 16.2. The van der Waals surface area contributed by atoms with Crippen LogP contribution in [0.15, 0.2) is 24.4 Å². The summed E-state index contributed by atoms with van der Waals surface area (Å²) in [4.78, 5) is 13.4. The first-order chi connectivity index (χ1) is 7.74. The molecule has 1 aromatic carbocycles. The van der Waals surface area contributed by atoms with Crippen LogP contribution in [0.5, 0.6) is 0 Å². The Morgan fingerprint density at radius 3 is 3.12 bits per heavy atom. The highest BCUT2D eigenvalue weighted by Gasteiger charge is 2.27. The van der Waals surface area contributed by atoms with Gasteiger partial charge < -0.3 is 10.6 Å². The normalized spacial score (nSPS) is 20.9. The fourth-order valence-electron chi connectivity index (χ4n) is 2.08. The molecule has 1 aromatic heterocycles. The maximum Gasteiger partial charge on any atom is 0.228 e. The second-order valence-electron chi connectivity index (χ2n) is 4.11. The lowest BCUT2D eigenvalue weighted by Crippen LogP contribution is -2.27. The van der Waals surface area contributed by atoms with Crippen molar-refractivity contribution in [1.29, 1.82) is 0 Å². The summed E-state index contributed by atoms with van der Waals surface area (Å²) in [7, 11) is 0. The van der Waals surface area contributed by atoms with Gasteiger partial charge in [-0.25, -0.2) is 0 Å². The smallest absolute Gasteiger partial charge is 0.228 e. The van der Waals surface area contributed by atoms with Crippen molar-refractivity contribution in [2.24, 2.45) is 5.73 Å². The van der Waals surface area contributed by atoms with Gasteiger partial charge in [-0.05, 0) is 18.2 Å². The monoisotopic (exact) mass is 216 g/mol. The SMILES string of the molecule is NC1CC(=O)N(c2ccc3[nH]ncc3c2)C1. The Hall–Kier alpha value is -1.88. The van der Waals surface area contributed by atoms with Crippen molar-refractivity contribution in [3.05, 3.63) is 24.4 Å². The average Bonchev–Trinajstić information content (AvgIpc) is 2.83. The Morgan fingerprint density at radius 1 is 1.50 bits per heavy atom. The zero-order valence-electron chi connectivity index (χ0n) is 8.68. The Bertz CT molecular complexity index is 548. The zero-order valence-corrected chi connectivity index (χ0v) is 8.68. The number of carbonyl (C=O) groups is 1. The van der Waals surface area contributed by atoms with Crippen molar-refractivity contribution < 1.29 is 4.79 Å². The van der Waals surface area contributed by atoms with Crippen LogP contribution in [-0.4, -0.2) is 28.7 Å². The van der Waals surface area contributed by atoms with E-state index in [0.717, 1.165) is 16.6 Å². The minimum absolute atomic E-state index is 0.0486. The van der Waals surface area contributed by atoms with Gasteiger partial charge in [0.15, 0.2) is 0 Å². The summed E-state index contributed by atoms with van der Waals surface area (Å²) in [6.45, 7) is 0.599. The number of aromatic amines is 1. The summed E-state index contributed by atoms with van der Waals surface area (Å²) in [5, 5.41) is 7.83. The Labute approximate surface area is 92.2 Å². The van der Waals surface area contributed by atoms with Crippen LogP contribution in [-0.2, 0) is 4.79 Å². The summed E-state index contributed by atoms with van der Waals surface area (Å²) in [6, 6.07) is 5.74. The van der Waals surface area contributed by atoms with Crippen molar-refractivity contribution in [2.75, 3.05) is 11.4 Å². The minimum Gasteiger partial charge on any atom is -0.326 e. The number of amides is 1. The molecule has 0 saturated carbocycles. The standard InChI is InChI=1S/C11H12N4O/c12-8-4-11(16)15(6-8)9-1-2-10-7(3-9)5-13-14-10/h1-3,5,8H,4,6,12H2,(H,13,14). The molecule has 0 aliphatic carbocycles. The molecule has 1 atom stereocenters. The molecular weight excluding hydrogens is 204 g/mol. The first kappa shape index (κ1) is 9.35. The lowest BCUT2D eigenvalue weighted by Gasteiger charge is -2.15. The number of rotatable bonds is 1. The predicted molar refractivity (Wildman–Crippen MR) is 61.0 cm³/mol. The maximum atomic E-state index is 11.7. The van der Waals surface area contributed by atoms with E-state index in [1.807, 2.05) is 18.2 Å². The first-order valence-corrected chi connectivity index (χ1v) is 5.23. The van der Waals surface area contributed by atoms with Gasteiger partial charge in [0.2, 0.25) is 5.91 Å². The van der Waals surface area contributed by atoms with Crippen molar-refractivity contribution in [1.82, 2.24) is 10.2 Å². The number of nitrogens with one attached hydrogen (secondary N) is 1. The highest BCUT2D eigenvalue weighted by Crippen LogP contribution is 2.24. The first-order valence-electron chi connectivity index (χ1n) is 5.23. The number of aromatic nitrogens is 2. The topological polar surface area (TPSA) is 75.0 Å². The largest absolute Gasteiger partial charge is 0.326 e. The molecule has 1 saturated heterocycles. The quantitative estimate of drug-likeness (QED) is 0.734. The molecule has 3 rings (SSSR count). The van der Waals surface area contributed by atoms with Gasteiger partial charge in [-0.15, -0.1) is 0 Å². The van der Waals surface area contributed by atoms with E-state index in [1.54, 1.807) is 11.1 Å². The van der Waals surface area contributed by atoms with Crippen LogP contribution in [0.1, 0.15) is 6.42 Å². The number of H-pyrrole nitrogens is 1. The van der Waals surface area contributed by atoms with Crippen LogP contribution in [0.4, 0.5) is 5.69 Å².